The summed E-state index contributed by atoms with van der Waals surface area (Å²) in [5, 5.41) is 0. The van der Waals surface area contributed by atoms with Crippen molar-refractivity contribution in [3.8, 4) is 0 Å². The van der Waals surface area contributed by atoms with Crippen LogP contribution in [-0.4, -0.2) is 37.2 Å². The van der Waals surface area contributed by atoms with E-state index in [4.69, 9.17) is 14.2 Å². The lowest BCUT2D eigenvalue weighted by Gasteiger charge is -2.18. The van der Waals surface area contributed by atoms with E-state index in [2.05, 4.69) is 81.5 Å². The fraction of sp³-hybridized carbons (Fsp3) is 0.772. The second-order valence-electron chi connectivity index (χ2n) is 17.8. The quantitative estimate of drug-likeness (QED) is 0.0262. The van der Waals surface area contributed by atoms with Crippen molar-refractivity contribution in [2.24, 2.45) is 0 Å². The van der Waals surface area contributed by atoms with Gasteiger partial charge in [0.25, 0.3) is 0 Å². The fourth-order valence-electron chi connectivity index (χ4n) is 7.38. The molecule has 0 aliphatic heterocycles. The van der Waals surface area contributed by atoms with Gasteiger partial charge in [0, 0.05) is 19.3 Å². The first-order valence-corrected chi connectivity index (χ1v) is 26.8. The number of carbonyl (C=O) groups is 3. The summed E-state index contributed by atoms with van der Waals surface area (Å²) in [6.07, 6.45) is 63.4. The maximum absolute atomic E-state index is 12.8. The van der Waals surface area contributed by atoms with E-state index < -0.39 is 6.10 Å². The van der Waals surface area contributed by atoms with Crippen LogP contribution in [0.25, 0.3) is 0 Å². The maximum atomic E-state index is 12.8. The van der Waals surface area contributed by atoms with Crippen LogP contribution in [0.3, 0.4) is 0 Å². The molecule has 0 aromatic rings. The van der Waals surface area contributed by atoms with Gasteiger partial charge in [-0.1, -0.05) is 197 Å². The summed E-state index contributed by atoms with van der Waals surface area (Å²) in [6.45, 7) is 6.56. The summed E-state index contributed by atoms with van der Waals surface area (Å²) in [7, 11) is 0. The van der Waals surface area contributed by atoms with E-state index in [-0.39, 0.29) is 31.1 Å². The summed E-state index contributed by atoms with van der Waals surface area (Å²) < 4.78 is 16.8. The van der Waals surface area contributed by atoms with E-state index >= 15 is 0 Å². The molecule has 0 amide bonds. The summed E-state index contributed by atoms with van der Waals surface area (Å²) >= 11 is 0. The summed E-state index contributed by atoms with van der Waals surface area (Å²) in [4.78, 5) is 38.0. The van der Waals surface area contributed by atoms with Crippen molar-refractivity contribution in [3.63, 3.8) is 0 Å². The number of esters is 3. The predicted molar refractivity (Wildman–Crippen MR) is 270 cm³/mol. The zero-order chi connectivity index (χ0) is 45.8. The third kappa shape index (κ3) is 50.0. The Morgan fingerprint density at radius 3 is 0.984 bits per heavy atom. The van der Waals surface area contributed by atoms with Crippen LogP contribution in [0.15, 0.2) is 60.8 Å². The number of allylic oxidation sites excluding steroid dienone is 10. The molecule has 0 N–H and O–H groups in total. The van der Waals surface area contributed by atoms with Gasteiger partial charge in [-0.3, -0.25) is 14.4 Å². The van der Waals surface area contributed by atoms with E-state index in [1.807, 2.05) is 0 Å². The minimum absolute atomic E-state index is 0.0919. The minimum Gasteiger partial charge on any atom is -0.462 e. The Hall–Kier alpha value is -2.89. The highest BCUT2D eigenvalue weighted by Gasteiger charge is 2.19. The van der Waals surface area contributed by atoms with Crippen LogP contribution in [0.5, 0.6) is 0 Å². The molecule has 0 aromatic carbocycles. The highest BCUT2D eigenvalue weighted by Crippen LogP contribution is 2.14. The Balaban J connectivity index is 4.44. The van der Waals surface area contributed by atoms with Crippen LogP contribution in [0, 0.1) is 0 Å². The summed E-state index contributed by atoms with van der Waals surface area (Å²) in [5.74, 6) is -0.939. The number of carbonyl (C=O) groups excluding carboxylic acids is 3. The molecule has 364 valence electrons. The zero-order valence-corrected chi connectivity index (χ0v) is 41.6. The Kier molecular flexibility index (Phi) is 49.4. The van der Waals surface area contributed by atoms with E-state index in [9.17, 15) is 14.4 Å². The molecule has 0 saturated heterocycles. The molecule has 0 aromatic heterocycles. The SMILES string of the molecule is CCCCC/C=C\C/C=C\C/C=C\CCCCC(=O)OC[C@H](COC(=O)CCCCCCC/C=C\CCCCCC)OC(=O)CCCCCCCCC/C=C\CCCCCCCC. The molecule has 0 rings (SSSR count). The molecule has 6 nitrogen and oxygen atoms in total. The largest absolute Gasteiger partial charge is 0.462 e. The lowest BCUT2D eigenvalue weighted by molar-refractivity contribution is -0.167. The van der Waals surface area contributed by atoms with Gasteiger partial charge in [-0.05, 0) is 109 Å². The highest BCUT2D eigenvalue weighted by atomic mass is 16.6. The van der Waals surface area contributed by atoms with Gasteiger partial charge >= 0.3 is 17.9 Å². The number of rotatable bonds is 48. The van der Waals surface area contributed by atoms with Crippen molar-refractivity contribution in [3.05, 3.63) is 60.8 Å². The van der Waals surface area contributed by atoms with E-state index in [0.29, 0.717) is 19.3 Å². The molecule has 63 heavy (non-hydrogen) atoms. The molecule has 6 heteroatoms. The van der Waals surface area contributed by atoms with Crippen molar-refractivity contribution < 1.29 is 28.6 Å². The molecule has 0 unspecified atom stereocenters. The van der Waals surface area contributed by atoms with Crippen molar-refractivity contribution in [2.75, 3.05) is 13.2 Å². The molecule has 0 aliphatic carbocycles. The van der Waals surface area contributed by atoms with Crippen molar-refractivity contribution in [2.45, 2.75) is 271 Å². The topological polar surface area (TPSA) is 78.9 Å². The smallest absolute Gasteiger partial charge is 0.306 e. The second-order valence-corrected chi connectivity index (χ2v) is 17.8. The van der Waals surface area contributed by atoms with Gasteiger partial charge in [0.15, 0.2) is 6.10 Å². The van der Waals surface area contributed by atoms with E-state index in [1.165, 1.54) is 148 Å². The van der Waals surface area contributed by atoms with Crippen LogP contribution >= 0.6 is 0 Å². The standard InChI is InChI=1S/C57H100O6/c1-4-7-10-13-16-19-22-25-27-28-30-33-36-39-42-45-48-51-57(60)63-54(52-61-55(58)49-46-43-40-37-34-31-24-21-18-15-12-9-6-3)53-62-56(59)50-47-44-41-38-35-32-29-26-23-20-17-14-11-8-5-2/h17,20-21,24-27,29,35,38,54H,4-16,18-19,22-23,28,30-34,36-37,39-53H2,1-3H3/b20-17-,24-21-,27-25-,29-26-,38-35-/t54-/m0/s1. The molecule has 0 aliphatic rings. The van der Waals surface area contributed by atoms with Crippen LogP contribution in [0.2, 0.25) is 0 Å². The van der Waals surface area contributed by atoms with Crippen LogP contribution in [-0.2, 0) is 28.6 Å². The highest BCUT2D eigenvalue weighted by molar-refractivity contribution is 5.71. The first-order valence-electron chi connectivity index (χ1n) is 26.8. The first-order chi connectivity index (χ1) is 31.0. The van der Waals surface area contributed by atoms with E-state index in [0.717, 1.165) is 77.0 Å². The monoisotopic (exact) mass is 881 g/mol. The van der Waals surface area contributed by atoms with Crippen molar-refractivity contribution >= 4 is 17.9 Å². The van der Waals surface area contributed by atoms with Crippen LogP contribution in [0.4, 0.5) is 0 Å². The Morgan fingerprint density at radius 2 is 0.571 bits per heavy atom. The molecule has 0 heterocycles. The average Bonchev–Trinajstić information content (AvgIpc) is 3.28. The molecule has 0 saturated carbocycles. The Bertz CT molecular complexity index is 1150. The number of unbranched alkanes of at least 4 members (excludes halogenated alkanes) is 27. The third-order valence-corrected chi connectivity index (χ3v) is 11.5. The predicted octanol–water partition coefficient (Wildman–Crippen LogP) is 17.6. The Labute approximate surface area is 390 Å². The zero-order valence-electron chi connectivity index (χ0n) is 41.6. The van der Waals surface area contributed by atoms with Gasteiger partial charge in [-0.25, -0.2) is 0 Å². The molecular formula is C57H100O6. The first kappa shape index (κ1) is 60.1. The number of ether oxygens (including phenoxy) is 3. The van der Waals surface area contributed by atoms with Gasteiger partial charge in [-0.15, -0.1) is 0 Å². The second kappa shape index (κ2) is 51.7. The Morgan fingerprint density at radius 1 is 0.317 bits per heavy atom. The summed E-state index contributed by atoms with van der Waals surface area (Å²) in [6, 6.07) is 0. The van der Waals surface area contributed by atoms with E-state index in [1.54, 1.807) is 0 Å². The lowest BCUT2D eigenvalue weighted by atomic mass is 10.1. The average molecular weight is 881 g/mol. The van der Waals surface area contributed by atoms with Gasteiger partial charge in [0.2, 0.25) is 0 Å². The van der Waals surface area contributed by atoms with Crippen LogP contribution in [0.1, 0.15) is 265 Å². The number of hydrogen-bond donors (Lipinski definition) is 0. The van der Waals surface area contributed by atoms with Crippen molar-refractivity contribution in [1.82, 2.24) is 0 Å². The maximum Gasteiger partial charge on any atom is 0.306 e. The minimum atomic E-state index is -0.794. The lowest BCUT2D eigenvalue weighted by Crippen LogP contribution is -2.30. The molecular weight excluding hydrogens is 781 g/mol. The van der Waals surface area contributed by atoms with Gasteiger partial charge in [0.1, 0.15) is 13.2 Å². The number of hydrogen-bond acceptors (Lipinski definition) is 6. The molecule has 0 radical (unpaired) electrons. The molecule has 0 spiro atoms. The van der Waals surface area contributed by atoms with Gasteiger partial charge < -0.3 is 14.2 Å². The van der Waals surface area contributed by atoms with Gasteiger partial charge in [-0.2, -0.15) is 0 Å². The molecule has 1 atom stereocenters. The van der Waals surface area contributed by atoms with Gasteiger partial charge in [0.05, 0.1) is 0 Å². The fourth-order valence-corrected chi connectivity index (χ4v) is 7.38. The van der Waals surface area contributed by atoms with Crippen molar-refractivity contribution in [1.29, 1.82) is 0 Å². The molecule has 0 fully saturated rings. The molecule has 0 bridgehead atoms. The van der Waals surface area contributed by atoms with Crippen LogP contribution < -0.4 is 0 Å². The summed E-state index contributed by atoms with van der Waals surface area (Å²) in [5.41, 5.74) is 0. The normalized spacial score (nSPS) is 12.5. The third-order valence-electron chi connectivity index (χ3n) is 11.5.